The van der Waals surface area contributed by atoms with E-state index in [0.717, 1.165) is 23.0 Å². The number of hydrogen-bond donors (Lipinski definition) is 1. The van der Waals surface area contributed by atoms with E-state index in [0.29, 0.717) is 12.6 Å². The molecule has 16 heavy (non-hydrogen) atoms. The Morgan fingerprint density at radius 2 is 2.25 bits per heavy atom. The van der Waals surface area contributed by atoms with Crippen LogP contribution in [0.3, 0.4) is 0 Å². The van der Waals surface area contributed by atoms with Crippen molar-refractivity contribution in [1.29, 1.82) is 0 Å². The van der Waals surface area contributed by atoms with Crippen molar-refractivity contribution in [2.24, 2.45) is 7.05 Å². The topological polar surface area (TPSA) is 41.3 Å². The minimum Gasteiger partial charge on any atom is -0.395 e. The first-order valence-corrected chi connectivity index (χ1v) is 6.04. The molecule has 0 saturated heterocycles. The van der Waals surface area contributed by atoms with Gasteiger partial charge in [0.15, 0.2) is 0 Å². The molecule has 1 heterocycles. The molecule has 0 unspecified atom stereocenters. The van der Waals surface area contributed by atoms with Crippen LogP contribution < -0.4 is 0 Å². The molecule has 0 bridgehead atoms. The van der Waals surface area contributed by atoms with Crippen LogP contribution in [0.15, 0.2) is 0 Å². The van der Waals surface area contributed by atoms with Gasteiger partial charge in [-0.2, -0.15) is 5.10 Å². The van der Waals surface area contributed by atoms with Gasteiger partial charge in [-0.25, -0.2) is 0 Å². The van der Waals surface area contributed by atoms with Crippen LogP contribution in [0.4, 0.5) is 0 Å². The lowest BCUT2D eigenvalue weighted by Crippen LogP contribution is -2.29. The van der Waals surface area contributed by atoms with E-state index < -0.39 is 0 Å². The number of aliphatic hydroxyl groups is 1. The van der Waals surface area contributed by atoms with Crippen LogP contribution in [0.2, 0.25) is 5.02 Å². The number of halogens is 1. The van der Waals surface area contributed by atoms with Crippen LogP contribution in [-0.4, -0.2) is 39.0 Å². The summed E-state index contributed by atoms with van der Waals surface area (Å²) in [5.74, 6) is 0. The number of hydrogen-bond acceptors (Lipinski definition) is 3. The first kappa shape index (κ1) is 11.9. The summed E-state index contributed by atoms with van der Waals surface area (Å²) < 4.78 is 1.84. The zero-order chi connectivity index (χ0) is 11.7. The summed E-state index contributed by atoms with van der Waals surface area (Å²) >= 11 is 6.21. The van der Waals surface area contributed by atoms with Gasteiger partial charge in [-0.15, -0.1) is 0 Å². The number of aromatic nitrogens is 2. The Balaban J connectivity index is 2.11. The molecule has 0 aromatic carbocycles. The van der Waals surface area contributed by atoms with Crippen LogP contribution in [0.25, 0.3) is 0 Å². The summed E-state index contributed by atoms with van der Waals surface area (Å²) in [6, 6.07) is 0.624. The fourth-order valence-electron chi connectivity index (χ4n) is 2.00. The van der Waals surface area contributed by atoms with Crippen molar-refractivity contribution in [2.45, 2.75) is 32.4 Å². The molecule has 1 N–H and O–H groups in total. The standard InChI is InChI=1S/C11H18ClN3O/c1-8-11(12)10(14(2)13-8)7-15(5-6-16)9-3-4-9/h9,16H,3-7H2,1-2H3. The molecule has 0 spiro atoms. The molecular formula is C11H18ClN3O. The van der Waals surface area contributed by atoms with Crippen molar-refractivity contribution in [3.63, 3.8) is 0 Å². The van der Waals surface area contributed by atoms with E-state index in [9.17, 15) is 0 Å². The van der Waals surface area contributed by atoms with Gasteiger partial charge < -0.3 is 5.11 Å². The quantitative estimate of drug-likeness (QED) is 0.849. The van der Waals surface area contributed by atoms with Crippen LogP contribution in [0, 0.1) is 6.92 Å². The molecule has 0 amide bonds. The van der Waals surface area contributed by atoms with E-state index >= 15 is 0 Å². The van der Waals surface area contributed by atoms with E-state index in [2.05, 4.69) is 10.00 Å². The van der Waals surface area contributed by atoms with Gasteiger partial charge in [-0.3, -0.25) is 9.58 Å². The SMILES string of the molecule is Cc1nn(C)c(CN(CCO)C2CC2)c1Cl. The molecular weight excluding hydrogens is 226 g/mol. The van der Waals surface area contributed by atoms with Gasteiger partial charge in [0, 0.05) is 26.2 Å². The number of nitrogens with zero attached hydrogens (tertiary/aromatic N) is 3. The maximum absolute atomic E-state index is 9.04. The minimum absolute atomic E-state index is 0.199. The minimum atomic E-state index is 0.199. The Kier molecular flexibility index (Phi) is 3.52. The predicted molar refractivity (Wildman–Crippen MR) is 63.5 cm³/mol. The first-order valence-electron chi connectivity index (χ1n) is 5.66. The molecule has 1 aromatic heterocycles. The van der Waals surface area contributed by atoms with E-state index in [-0.39, 0.29) is 6.61 Å². The van der Waals surface area contributed by atoms with Crippen molar-refractivity contribution < 1.29 is 5.11 Å². The Labute approximate surface area is 101 Å². The highest BCUT2D eigenvalue weighted by atomic mass is 35.5. The highest BCUT2D eigenvalue weighted by molar-refractivity contribution is 6.31. The molecule has 0 aliphatic heterocycles. The van der Waals surface area contributed by atoms with Crippen molar-refractivity contribution >= 4 is 11.6 Å². The molecule has 1 aliphatic carbocycles. The van der Waals surface area contributed by atoms with Gasteiger partial charge in [0.1, 0.15) is 0 Å². The summed E-state index contributed by atoms with van der Waals surface area (Å²) in [5, 5.41) is 14.1. The van der Waals surface area contributed by atoms with E-state index in [1.54, 1.807) is 0 Å². The summed E-state index contributed by atoms with van der Waals surface area (Å²) in [5.41, 5.74) is 1.92. The molecule has 1 aliphatic rings. The van der Waals surface area contributed by atoms with Crippen LogP contribution in [0.1, 0.15) is 24.2 Å². The summed E-state index contributed by atoms with van der Waals surface area (Å²) in [7, 11) is 1.91. The van der Waals surface area contributed by atoms with E-state index in [4.69, 9.17) is 16.7 Å². The van der Waals surface area contributed by atoms with Crippen molar-refractivity contribution in [3.05, 3.63) is 16.4 Å². The number of aliphatic hydroxyl groups excluding tert-OH is 1. The molecule has 0 atom stereocenters. The third-order valence-corrected chi connectivity index (χ3v) is 3.56. The van der Waals surface area contributed by atoms with Gasteiger partial charge in [0.05, 0.1) is 23.0 Å². The molecule has 1 saturated carbocycles. The second kappa shape index (κ2) is 4.73. The fourth-order valence-corrected chi connectivity index (χ4v) is 2.22. The average Bonchev–Trinajstić information content (AvgIpc) is 3.03. The third-order valence-electron chi connectivity index (χ3n) is 3.06. The van der Waals surface area contributed by atoms with Gasteiger partial charge in [0.25, 0.3) is 0 Å². The highest BCUT2D eigenvalue weighted by Crippen LogP contribution is 2.29. The van der Waals surface area contributed by atoms with Crippen LogP contribution in [0.5, 0.6) is 0 Å². The third kappa shape index (κ3) is 2.39. The fraction of sp³-hybridized carbons (Fsp3) is 0.727. The molecule has 0 radical (unpaired) electrons. The van der Waals surface area contributed by atoms with E-state index in [1.165, 1.54) is 12.8 Å². The summed E-state index contributed by atoms with van der Waals surface area (Å²) in [6.07, 6.45) is 2.46. The van der Waals surface area contributed by atoms with Gasteiger partial charge in [0.2, 0.25) is 0 Å². The maximum Gasteiger partial charge on any atom is 0.0860 e. The van der Waals surface area contributed by atoms with Gasteiger partial charge in [-0.05, 0) is 19.8 Å². The largest absolute Gasteiger partial charge is 0.395 e. The van der Waals surface area contributed by atoms with Crippen LogP contribution in [-0.2, 0) is 13.6 Å². The number of rotatable bonds is 5. The second-order valence-electron chi connectivity index (χ2n) is 4.39. The first-order chi connectivity index (χ1) is 7.63. The molecule has 2 rings (SSSR count). The van der Waals surface area contributed by atoms with Gasteiger partial charge in [-0.1, -0.05) is 11.6 Å². The van der Waals surface area contributed by atoms with Gasteiger partial charge >= 0.3 is 0 Å². The van der Waals surface area contributed by atoms with Crippen molar-refractivity contribution in [1.82, 2.24) is 14.7 Å². The summed E-state index contributed by atoms with van der Waals surface area (Å²) in [6.45, 7) is 3.61. The van der Waals surface area contributed by atoms with E-state index in [1.807, 2.05) is 18.7 Å². The Morgan fingerprint density at radius 1 is 1.56 bits per heavy atom. The average molecular weight is 244 g/mol. The number of aryl methyl sites for hydroxylation is 2. The molecule has 4 nitrogen and oxygen atoms in total. The van der Waals surface area contributed by atoms with Crippen molar-refractivity contribution in [2.75, 3.05) is 13.2 Å². The zero-order valence-electron chi connectivity index (χ0n) is 9.78. The Morgan fingerprint density at radius 3 is 2.69 bits per heavy atom. The molecule has 1 fully saturated rings. The lowest BCUT2D eigenvalue weighted by molar-refractivity contribution is 0.180. The lowest BCUT2D eigenvalue weighted by Gasteiger charge is -2.20. The molecule has 5 heteroatoms. The highest BCUT2D eigenvalue weighted by Gasteiger charge is 2.29. The van der Waals surface area contributed by atoms with Crippen molar-refractivity contribution in [3.8, 4) is 0 Å². The maximum atomic E-state index is 9.04. The smallest absolute Gasteiger partial charge is 0.0860 e. The monoisotopic (exact) mass is 243 g/mol. The lowest BCUT2D eigenvalue weighted by atomic mass is 10.3. The van der Waals surface area contributed by atoms with Crippen LogP contribution >= 0.6 is 11.6 Å². The summed E-state index contributed by atoms with van der Waals surface area (Å²) in [4.78, 5) is 2.28. The Bertz CT molecular complexity index is 374. The zero-order valence-corrected chi connectivity index (χ0v) is 10.5. The normalized spacial score (nSPS) is 16.1. The molecule has 90 valence electrons. The Hall–Kier alpha value is -0.580. The molecule has 1 aromatic rings. The predicted octanol–water partition coefficient (Wildman–Crippen LogP) is 1.34. The second-order valence-corrected chi connectivity index (χ2v) is 4.77.